The van der Waals surface area contributed by atoms with Crippen molar-refractivity contribution in [3.05, 3.63) is 64.7 Å². The van der Waals surface area contributed by atoms with Crippen LogP contribution < -0.4 is 5.32 Å². The van der Waals surface area contributed by atoms with Crippen LogP contribution in [0.3, 0.4) is 0 Å². The van der Waals surface area contributed by atoms with Gasteiger partial charge in [-0.3, -0.25) is 14.5 Å². The molecular weight excluding hydrogens is 346 g/mol. The molecule has 0 radical (unpaired) electrons. The molecule has 0 saturated heterocycles. The summed E-state index contributed by atoms with van der Waals surface area (Å²) < 4.78 is 4.95. The Morgan fingerprint density at radius 2 is 1.81 bits per heavy atom. The summed E-state index contributed by atoms with van der Waals surface area (Å²) in [6, 6.07) is 11.6. The molecule has 0 aromatic heterocycles. The zero-order valence-electron chi connectivity index (χ0n) is 14.8. The van der Waals surface area contributed by atoms with E-state index in [0.717, 1.165) is 6.21 Å². The number of benzene rings is 2. The first-order chi connectivity index (χ1) is 13.1. The van der Waals surface area contributed by atoms with E-state index in [1.165, 1.54) is 4.90 Å². The molecule has 0 spiro atoms. The smallest absolute Gasteiger partial charge is 0.338 e. The van der Waals surface area contributed by atoms with Gasteiger partial charge >= 0.3 is 5.97 Å². The molecule has 2 aromatic carbocycles. The van der Waals surface area contributed by atoms with Crippen LogP contribution in [0.15, 0.2) is 42.5 Å². The number of carbonyl (C=O) groups excluding carboxylic acids is 3. The molecule has 0 unspecified atom stereocenters. The molecule has 27 heavy (non-hydrogen) atoms. The van der Waals surface area contributed by atoms with Crippen molar-refractivity contribution in [2.24, 2.45) is 0 Å². The van der Waals surface area contributed by atoms with E-state index in [1.807, 2.05) is 0 Å². The Hall–Kier alpha value is -3.48. The van der Waals surface area contributed by atoms with Crippen LogP contribution >= 0.6 is 0 Å². The Morgan fingerprint density at radius 3 is 2.41 bits per heavy atom. The summed E-state index contributed by atoms with van der Waals surface area (Å²) in [7, 11) is 0. The van der Waals surface area contributed by atoms with Crippen LogP contribution in [0, 0.1) is 5.41 Å². The third-order valence-electron chi connectivity index (χ3n) is 4.25. The topological polar surface area (TPSA) is 99.6 Å². The number of imide groups is 1. The number of fused-ring (bicyclic) bond motifs is 1. The molecule has 0 fully saturated rings. The van der Waals surface area contributed by atoms with Crippen LogP contribution in [0.25, 0.3) is 0 Å². The van der Waals surface area contributed by atoms with Gasteiger partial charge in [0.15, 0.2) is 0 Å². The monoisotopic (exact) mass is 365 g/mol. The predicted molar refractivity (Wildman–Crippen MR) is 101 cm³/mol. The number of esters is 1. The fourth-order valence-corrected chi connectivity index (χ4v) is 2.93. The summed E-state index contributed by atoms with van der Waals surface area (Å²) in [6.07, 6.45) is 1.13. The van der Waals surface area contributed by atoms with Gasteiger partial charge < -0.3 is 15.5 Å². The van der Waals surface area contributed by atoms with E-state index in [9.17, 15) is 14.4 Å². The lowest BCUT2D eigenvalue weighted by Gasteiger charge is -2.16. The molecule has 7 heteroatoms. The maximum atomic E-state index is 12.3. The number of carbonyl (C=O) groups is 3. The number of rotatable bonds is 7. The Labute approximate surface area is 156 Å². The number of hydrogen-bond acceptors (Lipinski definition) is 6. The third-order valence-corrected chi connectivity index (χ3v) is 4.25. The van der Waals surface area contributed by atoms with Crippen LogP contribution in [-0.4, -0.2) is 48.6 Å². The highest BCUT2D eigenvalue weighted by Gasteiger charge is 2.34. The molecule has 2 N–H and O–H groups in total. The van der Waals surface area contributed by atoms with Crippen molar-refractivity contribution in [1.29, 1.82) is 5.41 Å². The quantitative estimate of drug-likeness (QED) is 0.446. The van der Waals surface area contributed by atoms with Crippen molar-refractivity contribution >= 4 is 29.7 Å². The van der Waals surface area contributed by atoms with Gasteiger partial charge in [-0.1, -0.05) is 12.1 Å². The van der Waals surface area contributed by atoms with Crippen LogP contribution in [0.1, 0.15) is 43.6 Å². The molecule has 0 saturated carbocycles. The van der Waals surface area contributed by atoms with Gasteiger partial charge in [-0.05, 0) is 37.3 Å². The minimum absolute atomic E-state index is 0.198. The molecule has 0 atom stereocenters. The lowest BCUT2D eigenvalue weighted by Crippen LogP contribution is -2.34. The van der Waals surface area contributed by atoms with Gasteiger partial charge in [-0.25, -0.2) is 4.79 Å². The number of hydrogen-bond donors (Lipinski definition) is 2. The van der Waals surface area contributed by atoms with Crippen molar-refractivity contribution in [2.75, 3.05) is 25.0 Å². The van der Waals surface area contributed by atoms with Crippen LogP contribution in [0.5, 0.6) is 0 Å². The summed E-state index contributed by atoms with van der Waals surface area (Å²) in [4.78, 5) is 37.7. The first kappa shape index (κ1) is 18.3. The van der Waals surface area contributed by atoms with Crippen molar-refractivity contribution in [3.63, 3.8) is 0 Å². The Bertz CT molecular complexity index is 888. The minimum Gasteiger partial charge on any atom is -0.462 e. The molecule has 2 aromatic rings. The average Bonchev–Trinajstić information content (AvgIpc) is 2.93. The standard InChI is InChI=1S/C20H19N3O4/c1-2-27-20(26)13-7-8-17(14(11-13)12-21)22-9-10-23-18(24)15-5-3-4-6-16(15)19(23)25/h3-8,11-12,21-22H,2,9-10H2,1H3. The summed E-state index contributed by atoms with van der Waals surface area (Å²) in [5.74, 6) is -1.05. The highest BCUT2D eigenvalue weighted by Crippen LogP contribution is 2.22. The lowest BCUT2D eigenvalue weighted by atomic mass is 10.1. The fraction of sp³-hybridized carbons (Fsp3) is 0.200. The SMILES string of the molecule is CCOC(=O)c1ccc(NCCN2C(=O)c3ccccc3C2=O)c(C=N)c1. The molecule has 7 nitrogen and oxygen atoms in total. The van der Waals surface area contributed by atoms with Crippen LogP contribution in [0.2, 0.25) is 0 Å². The average molecular weight is 365 g/mol. The highest BCUT2D eigenvalue weighted by atomic mass is 16.5. The van der Waals surface area contributed by atoms with E-state index in [1.54, 1.807) is 49.4 Å². The zero-order valence-corrected chi connectivity index (χ0v) is 14.8. The summed E-state index contributed by atoms with van der Waals surface area (Å²) in [6.45, 7) is 2.53. The van der Waals surface area contributed by atoms with Crippen LogP contribution in [-0.2, 0) is 4.74 Å². The second-order valence-electron chi connectivity index (χ2n) is 5.90. The van der Waals surface area contributed by atoms with E-state index < -0.39 is 5.97 Å². The Kier molecular flexibility index (Phi) is 5.30. The van der Waals surface area contributed by atoms with Crippen molar-refractivity contribution in [1.82, 2.24) is 4.90 Å². The number of nitrogens with one attached hydrogen (secondary N) is 2. The van der Waals surface area contributed by atoms with Crippen LogP contribution in [0.4, 0.5) is 5.69 Å². The second kappa shape index (κ2) is 7.82. The Balaban J connectivity index is 1.66. The third kappa shape index (κ3) is 3.57. The first-order valence-electron chi connectivity index (χ1n) is 8.57. The zero-order chi connectivity index (χ0) is 19.4. The molecule has 2 amide bonds. The molecule has 1 aliphatic heterocycles. The number of nitrogens with zero attached hydrogens (tertiary/aromatic N) is 1. The maximum Gasteiger partial charge on any atom is 0.338 e. The van der Waals surface area contributed by atoms with E-state index in [2.05, 4.69) is 5.32 Å². The lowest BCUT2D eigenvalue weighted by molar-refractivity contribution is 0.0525. The number of amides is 2. The largest absolute Gasteiger partial charge is 0.462 e. The number of anilines is 1. The highest BCUT2D eigenvalue weighted by molar-refractivity contribution is 6.21. The van der Waals surface area contributed by atoms with Crippen molar-refractivity contribution < 1.29 is 19.1 Å². The first-order valence-corrected chi connectivity index (χ1v) is 8.57. The van der Waals surface area contributed by atoms with Crippen molar-refractivity contribution in [2.45, 2.75) is 6.92 Å². The summed E-state index contributed by atoms with van der Waals surface area (Å²) in [5, 5.41) is 10.7. The van der Waals surface area contributed by atoms with Gasteiger partial charge in [0, 0.05) is 30.6 Å². The molecule has 0 aliphatic carbocycles. The molecule has 1 heterocycles. The number of ether oxygens (including phenoxy) is 1. The molecular formula is C20H19N3O4. The van der Waals surface area contributed by atoms with Gasteiger partial charge in [-0.2, -0.15) is 0 Å². The van der Waals surface area contributed by atoms with Gasteiger partial charge in [0.2, 0.25) is 0 Å². The van der Waals surface area contributed by atoms with Gasteiger partial charge in [0.1, 0.15) is 0 Å². The van der Waals surface area contributed by atoms with Crippen molar-refractivity contribution in [3.8, 4) is 0 Å². The van der Waals surface area contributed by atoms with E-state index in [-0.39, 0.29) is 25.0 Å². The molecule has 1 aliphatic rings. The van der Waals surface area contributed by atoms with E-state index >= 15 is 0 Å². The van der Waals surface area contributed by atoms with Gasteiger partial charge in [0.25, 0.3) is 11.8 Å². The van der Waals surface area contributed by atoms with Gasteiger partial charge in [0.05, 0.1) is 23.3 Å². The molecule has 0 bridgehead atoms. The Morgan fingerprint density at radius 1 is 1.15 bits per heavy atom. The van der Waals surface area contributed by atoms with Gasteiger partial charge in [-0.15, -0.1) is 0 Å². The molecule has 138 valence electrons. The normalized spacial score (nSPS) is 12.7. The predicted octanol–water partition coefficient (Wildman–Crippen LogP) is 2.57. The molecule has 3 rings (SSSR count). The maximum absolute atomic E-state index is 12.3. The fourth-order valence-electron chi connectivity index (χ4n) is 2.93. The summed E-state index contributed by atoms with van der Waals surface area (Å²) in [5.41, 5.74) is 2.35. The minimum atomic E-state index is -0.446. The summed E-state index contributed by atoms with van der Waals surface area (Å²) >= 11 is 0. The second-order valence-corrected chi connectivity index (χ2v) is 5.90. The van der Waals surface area contributed by atoms with E-state index in [4.69, 9.17) is 10.1 Å². The van der Waals surface area contributed by atoms with E-state index in [0.29, 0.717) is 34.5 Å².